The zero-order valence-electron chi connectivity index (χ0n) is 12.5. The molecule has 118 valence electrons. The summed E-state index contributed by atoms with van der Waals surface area (Å²) in [5, 5.41) is 0. The van der Waals surface area contributed by atoms with Crippen LogP contribution in [0.25, 0.3) is 0 Å². The van der Waals surface area contributed by atoms with Gasteiger partial charge in [0.1, 0.15) is 6.10 Å². The van der Waals surface area contributed by atoms with Crippen molar-refractivity contribution in [1.29, 1.82) is 0 Å². The van der Waals surface area contributed by atoms with Crippen LogP contribution in [0.1, 0.15) is 25.0 Å². The Morgan fingerprint density at radius 1 is 1.29 bits per heavy atom. The summed E-state index contributed by atoms with van der Waals surface area (Å²) in [6, 6.07) is 9.04. The van der Waals surface area contributed by atoms with E-state index in [1.165, 1.54) is 4.90 Å². The zero-order chi connectivity index (χ0) is 15.9. The Kier molecular flexibility index (Phi) is 6.64. The second-order valence-corrected chi connectivity index (χ2v) is 6.21. The van der Waals surface area contributed by atoms with Crippen LogP contribution in [-0.4, -0.2) is 45.9 Å². The number of ether oxygens (including phenoxy) is 1. The molecule has 1 atom stereocenters. The predicted octanol–water partition coefficient (Wildman–Crippen LogP) is 2.18. The van der Waals surface area contributed by atoms with Gasteiger partial charge in [-0.15, -0.1) is 0 Å². The highest BCUT2D eigenvalue weighted by Gasteiger charge is 2.19. The number of nitrogens with zero attached hydrogens (tertiary/aromatic N) is 1. The Hall–Kier alpha value is -1.60. The summed E-state index contributed by atoms with van der Waals surface area (Å²) in [5.41, 5.74) is 0.750. The summed E-state index contributed by atoms with van der Waals surface area (Å²) in [6.45, 7) is 2.35. The normalized spacial score (nSPS) is 12.7. The van der Waals surface area contributed by atoms with Crippen molar-refractivity contribution in [1.82, 2.24) is 4.90 Å². The molecule has 1 amide bonds. The van der Waals surface area contributed by atoms with Crippen molar-refractivity contribution in [2.45, 2.75) is 19.4 Å². The van der Waals surface area contributed by atoms with Gasteiger partial charge in [0.05, 0.1) is 12.9 Å². The van der Waals surface area contributed by atoms with E-state index in [1.54, 1.807) is 26.1 Å². The lowest BCUT2D eigenvalue weighted by Crippen LogP contribution is -2.29. The standard InChI is InChI=1S/C14H21NO5S/c1-4-19-14(16)15(2)11-10-13(20-21(3,17)18)12-8-6-5-7-9-12/h5-9,13H,4,10-11H2,1-3H3. The summed E-state index contributed by atoms with van der Waals surface area (Å²) in [7, 11) is -1.99. The molecule has 0 heterocycles. The van der Waals surface area contributed by atoms with Crippen molar-refractivity contribution < 1.29 is 22.1 Å². The van der Waals surface area contributed by atoms with Gasteiger partial charge in [0.25, 0.3) is 10.1 Å². The molecular formula is C14H21NO5S. The lowest BCUT2D eigenvalue weighted by atomic mass is 10.1. The third-order valence-electron chi connectivity index (χ3n) is 2.77. The molecule has 21 heavy (non-hydrogen) atoms. The minimum Gasteiger partial charge on any atom is -0.450 e. The maximum absolute atomic E-state index is 11.5. The van der Waals surface area contributed by atoms with Gasteiger partial charge < -0.3 is 9.64 Å². The first-order valence-electron chi connectivity index (χ1n) is 6.64. The quantitative estimate of drug-likeness (QED) is 0.721. The molecule has 0 saturated heterocycles. The van der Waals surface area contributed by atoms with Crippen LogP contribution >= 0.6 is 0 Å². The van der Waals surface area contributed by atoms with Crippen molar-refractivity contribution in [3.63, 3.8) is 0 Å². The molecule has 1 aromatic rings. The number of benzene rings is 1. The number of rotatable bonds is 7. The van der Waals surface area contributed by atoms with E-state index < -0.39 is 22.3 Å². The highest BCUT2D eigenvalue weighted by molar-refractivity contribution is 7.86. The minimum absolute atomic E-state index is 0.297. The van der Waals surface area contributed by atoms with Gasteiger partial charge in [-0.2, -0.15) is 8.42 Å². The molecule has 0 spiro atoms. The molecule has 0 aliphatic heterocycles. The van der Waals surface area contributed by atoms with E-state index in [0.717, 1.165) is 11.8 Å². The van der Waals surface area contributed by atoms with E-state index in [4.69, 9.17) is 8.92 Å². The first-order chi connectivity index (χ1) is 9.83. The molecule has 0 radical (unpaired) electrons. The van der Waals surface area contributed by atoms with Crippen LogP contribution in [0.15, 0.2) is 30.3 Å². The fourth-order valence-electron chi connectivity index (χ4n) is 1.78. The minimum atomic E-state index is -3.58. The van der Waals surface area contributed by atoms with E-state index in [2.05, 4.69) is 0 Å². The summed E-state index contributed by atoms with van der Waals surface area (Å²) in [5.74, 6) is 0. The molecule has 0 N–H and O–H groups in total. The number of hydrogen-bond acceptors (Lipinski definition) is 5. The van der Waals surface area contributed by atoms with Gasteiger partial charge in [0.15, 0.2) is 0 Å². The van der Waals surface area contributed by atoms with Crippen LogP contribution in [-0.2, 0) is 19.0 Å². The van der Waals surface area contributed by atoms with Crippen LogP contribution in [0.2, 0.25) is 0 Å². The average Bonchev–Trinajstić information content (AvgIpc) is 2.43. The van der Waals surface area contributed by atoms with Crippen molar-refractivity contribution in [3.05, 3.63) is 35.9 Å². The molecular weight excluding hydrogens is 294 g/mol. The van der Waals surface area contributed by atoms with Gasteiger partial charge in [-0.25, -0.2) is 4.79 Å². The van der Waals surface area contributed by atoms with Gasteiger partial charge in [0, 0.05) is 13.6 Å². The van der Waals surface area contributed by atoms with E-state index in [0.29, 0.717) is 19.6 Å². The van der Waals surface area contributed by atoms with E-state index in [9.17, 15) is 13.2 Å². The smallest absolute Gasteiger partial charge is 0.409 e. The molecule has 1 aromatic carbocycles. The first kappa shape index (κ1) is 17.5. The van der Waals surface area contributed by atoms with Crippen molar-refractivity contribution in [3.8, 4) is 0 Å². The third-order valence-corrected chi connectivity index (χ3v) is 3.35. The van der Waals surface area contributed by atoms with E-state index >= 15 is 0 Å². The summed E-state index contributed by atoms with van der Waals surface area (Å²) < 4.78 is 32.7. The molecule has 7 heteroatoms. The summed E-state index contributed by atoms with van der Waals surface area (Å²) in [6.07, 6.45) is 0.298. The lowest BCUT2D eigenvalue weighted by molar-refractivity contribution is 0.109. The Morgan fingerprint density at radius 2 is 1.90 bits per heavy atom. The van der Waals surface area contributed by atoms with Gasteiger partial charge in [-0.05, 0) is 18.9 Å². The first-order valence-corrected chi connectivity index (χ1v) is 8.46. The molecule has 0 aliphatic rings. The summed E-state index contributed by atoms with van der Waals surface area (Å²) in [4.78, 5) is 12.9. The maximum atomic E-state index is 11.5. The zero-order valence-corrected chi connectivity index (χ0v) is 13.3. The predicted molar refractivity (Wildman–Crippen MR) is 79.4 cm³/mol. The Balaban J connectivity index is 2.73. The van der Waals surface area contributed by atoms with Crippen molar-refractivity contribution in [2.75, 3.05) is 26.5 Å². The molecule has 6 nitrogen and oxygen atoms in total. The molecule has 0 bridgehead atoms. The number of amides is 1. The second-order valence-electron chi connectivity index (χ2n) is 4.61. The number of carbonyl (C=O) groups is 1. The number of carbonyl (C=O) groups excluding carboxylic acids is 1. The highest BCUT2D eigenvalue weighted by atomic mass is 32.2. The third kappa shape index (κ3) is 6.59. The monoisotopic (exact) mass is 315 g/mol. The van der Waals surface area contributed by atoms with E-state index in [-0.39, 0.29) is 0 Å². The molecule has 0 saturated carbocycles. The van der Waals surface area contributed by atoms with Gasteiger partial charge in [-0.3, -0.25) is 4.18 Å². The van der Waals surface area contributed by atoms with E-state index in [1.807, 2.05) is 18.2 Å². The Bertz CT molecular complexity index is 544. The molecule has 0 aromatic heterocycles. The molecule has 1 rings (SSSR count). The maximum Gasteiger partial charge on any atom is 0.409 e. The van der Waals surface area contributed by atoms with Crippen LogP contribution < -0.4 is 0 Å². The highest BCUT2D eigenvalue weighted by Crippen LogP contribution is 2.23. The molecule has 1 unspecified atom stereocenters. The van der Waals surface area contributed by atoms with Crippen LogP contribution in [0.4, 0.5) is 4.79 Å². The average molecular weight is 315 g/mol. The largest absolute Gasteiger partial charge is 0.450 e. The van der Waals surface area contributed by atoms with Crippen LogP contribution in [0.5, 0.6) is 0 Å². The van der Waals surface area contributed by atoms with Gasteiger partial charge in [0.2, 0.25) is 0 Å². The fraction of sp³-hybridized carbons (Fsp3) is 0.500. The SMILES string of the molecule is CCOC(=O)N(C)CCC(OS(C)(=O)=O)c1ccccc1. The second kappa shape index (κ2) is 7.99. The van der Waals surface area contributed by atoms with Crippen molar-refractivity contribution in [2.24, 2.45) is 0 Å². The topological polar surface area (TPSA) is 72.9 Å². The lowest BCUT2D eigenvalue weighted by Gasteiger charge is -2.21. The Morgan fingerprint density at radius 3 is 2.43 bits per heavy atom. The Labute approximate surface area is 125 Å². The van der Waals surface area contributed by atoms with Crippen LogP contribution in [0.3, 0.4) is 0 Å². The van der Waals surface area contributed by atoms with Crippen LogP contribution in [0, 0.1) is 0 Å². The van der Waals surface area contributed by atoms with Gasteiger partial charge >= 0.3 is 6.09 Å². The molecule has 0 fully saturated rings. The fourth-order valence-corrected chi connectivity index (χ4v) is 2.41. The molecule has 0 aliphatic carbocycles. The van der Waals surface area contributed by atoms with Gasteiger partial charge in [-0.1, -0.05) is 30.3 Å². The van der Waals surface area contributed by atoms with Crippen molar-refractivity contribution >= 4 is 16.2 Å². The summed E-state index contributed by atoms with van der Waals surface area (Å²) >= 11 is 0. The number of hydrogen-bond donors (Lipinski definition) is 0.